The predicted molar refractivity (Wildman–Crippen MR) is 52.7 cm³/mol. The lowest BCUT2D eigenvalue weighted by Gasteiger charge is -2.11. The summed E-state index contributed by atoms with van der Waals surface area (Å²) >= 11 is 0. The zero-order valence-corrected chi connectivity index (χ0v) is 8.09. The summed E-state index contributed by atoms with van der Waals surface area (Å²) in [6.45, 7) is 0.561. The first-order valence-electron chi connectivity index (χ1n) is 4.78. The van der Waals surface area contributed by atoms with Crippen LogP contribution in [-0.4, -0.2) is 34.8 Å². The highest BCUT2D eigenvalue weighted by Gasteiger charge is 2.30. The summed E-state index contributed by atoms with van der Waals surface area (Å²) in [7, 11) is 0. The quantitative estimate of drug-likeness (QED) is 0.746. The first-order chi connectivity index (χ1) is 7.25. The van der Waals surface area contributed by atoms with Gasteiger partial charge >= 0.3 is 5.97 Å². The molecule has 0 spiro atoms. The number of aliphatic carboxylic acids is 1. The van der Waals surface area contributed by atoms with E-state index in [1.807, 2.05) is 0 Å². The first-order valence-corrected chi connectivity index (χ1v) is 4.78. The molecule has 1 aliphatic heterocycles. The van der Waals surface area contributed by atoms with E-state index in [0.717, 1.165) is 0 Å². The van der Waals surface area contributed by atoms with Crippen molar-refractivity contribution < 1.29 is 14.6 Å². The Morgan fingerprint density at radius 2 is 2.53 bits per heavy atom. The number of ether oxygens (including phenoxy) is 1. The summed E-state index contributed by atoms with van der Waals surface area (Å²) in [6, 6.07) is 3.10. The highest BCUT2D eigenvalue weighted by molar-refractivity contribution is 5.73. The number of nitrogens with one attached hydrogen (secondary N) is 1. The Morgan fingerprint density at radius 3 is 3.13 bits per heavy atom. The summed E-state index contributed by atoms with van der Waals surface area (Å²) in [6.07, 6.45) is 3.69. The van der Waals surface area contributed by atoms with Crippen molar-refractivity contribution in [3.63, 3.8) is 0 Å². The van der Waals surface area contributed by atoms with E-state index >= 15 is 0 Å². The molecular formula is C10H12N2O3. The number of hydrogen-bond donors (Lipinski definition) is 2. The minimum Gasteiger partial charge on any atom is -0.487 e. The fraction of sp³-hybridized carbons (Fsp3) is 0.400. The lowest BCUT2D eigenvalue weighted by atomic mass is 10.2. The highest BCUT2D eigenvalue weighted by atomic mass is 16.5. The zero-order valence-electron chi connectivity index (χ0n) is 8.09. The van der Waals surface area contributed by atoms with Crippen LogP contribution in [0.5, 0.6) is 5.75 Å². The van der Waals surface area contributed by atoms with E-state index in [9.17, 15) is 4.79 Å². The average Bonchev–Trinajstić information content (AvgIpc) is 2.68. The van der Waals surface area contributed by atoms with E-state index in [1.54, 1.807) is 24.5 Å². The third-order valence-corrected chi connectivity index (χ3v) is 2.33. The van der Waals surface area contributed by atoms with Gasteiger partial charge in [-0.2, -0.15) is 0 Å². The number of aromatic nitrogens is 1. The zero-order chi connectivity index (χ0) is 10.7. The molecular weight excluding hydrogens is 196 g/mol. The van der Waals surface area contributed by atoms with Crippen molar-refractivity contribution in [2.45, 2.75) is 18.6 Å². The molecule has 0 unspecified atom stereocenters. The van der Waals surface area contributed by atoms with Gasteiger partial charge in [0.1, 0.15) is 17.9 Å². The molecule has 0 radical (unpaired) electrons. The smallest absolute Gasteiger partial charge is 0.320 e. The molecule has 1 aliphatic rings. The van der Waals surface area contributed by atoms with E-state index in [1.165, 1.54) is 0 Å². The SMILES string of the molecule is O=C(O)[C@@H]1C[C@@H](Oc2cccnc2)CN1. The number of carboxylic acid groups (broad SMARTS) is 1. The molecule has 0 bridgehead atoms. The van der Waals surface area contributed by atoms with Gasteiger partial charge in [0.05, 0.1) is 6.20 Å². The third kappa shape index (κ3) is 2.44. The van der Waals surface area contributed by atoms with E-state index < -0.39 is 12.0 Å². The summed E-state index contributed by atoms with van der Waals surface area (Å²) < 4.78 is 5.57. The van der Waals surface area contributed by atoms with Crippen molar-refractivity contribution >= 4 is 5.97 Å². The van der Waals surface area contributed by atoms with E-state index in [-0.39, 0.29) is 6.10 Å². The second-order valence-corrected chi connectivity index (χ2v) is 3.46. The standard InChI is InChI=1S/C10H12N2O3/c13-10(14)9-4-8(6-12-9)15-7-2-1-3-11-5-7/h1-3,5,8-9,12H,4,6H2,(H,13,14)/t8-,9+/m1/s1. The van der Waals surface area contributed by atoms with E-state index in [4.69, 9.17) is 9.84 Å². The lowest BCUT2D eigenvalue weighted by Crippen LogP contribution is -2.30. The van der Waals surface area contributed by atoms with Gasteiger partial charge in [-0.1, -0.05) is 0 Å². The largest absolute Gasteiger partial charge is 0.487 e. The normalized spacial score (nSPS) is 25.1. The van der Waals surface area contributed by atoms with Crippen LogP contribution in [0, 0.1) is 0 Å². The minimum atomic E-state index is -0.827. The molecule has 5 nitrogen and oxygen atoms in total. The number of carboxylic acids is 1. The molecule has 0 aromatic carbocycles. The molecule has 5 heteroatoms. The molecule has 1 saturated heterocycles. The Balaban J connectivity index is 1.90. The summed E-state index contributed by atoms with van der Waals surface area (Å²) in [5.41, 5.74) is 0. The van der Waals surface area contributed by atoms with Crippen LogP contribution in [0.3, 0.4) is 0 Å². The van der Waals surface area contributed by atoms with Crippen LogP contribution in [0.15, 0.2) is 24.5 Å². The average molecular weight is 208 g/mol. The van der Waals surface area contributed by atoms with Gasteiger partial charge in [0.15, 0.2) is 0 Å². The predicted octanol–water partition coefficient (Wildman–Crippen LogP) is 0.276. The van der Waals surface area contributed by atoms with Crippen LogP contribution in [0.1, 0.15) is 6.42 Å². The van der Waals surface area contributed by atoms with Gasteiger partial charge in [0, 0.05) is 19.2 Å². The Morgan fingerprint density at radius 1 is 1.67 bits per heavy atom. The van der Waals surface area contributed by atoms with Crippen LogP contribution < -0.4 is 10.1 Å². The Kier molecular flexibility index (Phi) is 2.82. The van der Waals surface area contributed by atoms with Gasteiger partial charge in [-0.15, -0.1) is 0 Å². The second-order valence-electron chi connectivity index (χ2n) is 3.46. The highest BCUT2D eigenvalue weighted by Crippen LogP contribution is 2.15. The van der Waals surface area contributed by atoms with Crippen LogP contribution >= 0.6 is 0 Å². The molecule has 2 heterocycles. The molecule has 1 aromatic rings. The van der Waals surface area contributed by atoms with Crippen molar-refractivity contribution in [3.8, 4) is 5.75 Å². The number of carbonyl (C=O) groups is 1. The molecule has 0 amide bonds. The fourth-order valence-corrected chi connectivity index (χ4v) is 1.59. The monoisotopic (exact) mass is 208 g/mol. The van der Waals surface area contributed by atoms with E-state index in [0.29, 0.717) is 18.7 Å². The van der Waals surface area contributed by atoms with Crippen LogP contribution in [0.25, 0.3) is 0 Å². The lowest BCUT2D eigenvalue weighted by molar-refractivity contribution is -0.139. The maximum absolute atomic E-state index is 10.7. The fourth-order valence-electron chi connectivity index (χ4n) is 1.59. The van der Waals surface area contributed by atoms with Crippen molar-refractivity contribution in [2.75, 3.05) is 6.54 Å². The van der Waals surface area contributed by atoms with Crippen LogP contribution in [0.2, 0.25) is 0 Å². The molecule has 2 N–H and O–H groups in total. The first kappa shape index (κ1) is 9.92. The molecule has 1 fully saturated rings. The number of hydrogen-bond acceptors (Lipinski definition) is 4. The van der Waals surface area contributed by atoms with E-state index in [2.05, 4.69) is 10.3 Å². The Bertz CT molecular complexity index is 342. The number of rotatable bonds is 3. The van der Waals surface area contributed by atoms with Crippen molar-refractivity contribution in [1.29, 1.82) is 0 Å². The van der Waals surface area contributed by atoms with Crippen molar-refractivity contribution in [1.82, 2.24) is 10.3 Å². The molecule has 80 valence electrons. The topological polar surface area (TPSA) is 71.5 Å². The summed E-state index contributed by atoms with van der Waals surface area (Å²) in [5, 5.41) is 11.6. The third-order valence-electron chi connectivity index (χ3n) is 2.33. The van der Waals surface area contributed by atoms with Crippen LogP contribution in [-0.2, 0) is 4.79 Å². The molecule has 1 aromatic heterocycles. The van der Waals surface area contributed by atoms with Crippen molar-refractivity contribution in [3.05, 3.63) is 24.5 Å². The maximum atomic E-state index is 10.7. The van der Waals surface area contributed by atoms with Gasteiger partial charge in [-0.3, -0.25) is 9.78 Å². The molecule has 0 aliphatic carbocycles. The van der Waals surface area contributed by atoms with Crippen molar-refractivity contribution in [2.24, 2.45) is 0 Å². The van der Waals surface area contributed by atoms with Gasteiger partial charge in [0.2, 0.25) is 0 Å². The molecule has 15 heavy (non-hydrogen) atoms. The number of pyridine rings is 1. The second kappa shape index (κ2) is 4.27. The summed E-state index contributed by atoms with van der Waals surface area (Å²) in [5.74, 6) is -0.150. The van der Waals surface area contributed by atoms with Gasteiger partial charge in [-0.25, -0.2) is 0 Å². The van der Waals surface area contributed by atoms with Gasteiger partial charge in [0.25, 0.3) is 0 Å². The van der Waals surface area contributed by atoms with Gasteiger partial charge < -0.3 is 15.2 Å². The van der Waals surface area contributed by atoms with Gasteiger partial charge in [-0.05, 0) is 12.1 Å². The Hall–Kier alpha value is -1.62. The molecule has 2 rings (SSSR count). The Labute approximate surface area is 87.1 Å². The molecule has 2 atom stereocenters. The van der Waals surface area contributed by atoms with Crippen LogP contribution in [0.4, 0.5) is 0 Å². The molecule has 0 saturated carbocycles. The number of nitrogens with zero attached hydrogens (tertiary/aromatic N) is 1. The maximum Gasteiger partial charge on any atom is 0.320 e. The minimum absolute atomic E-state index is 0.0877. The summed E-state index contributed by atoms with van der Waals surface area (Å²) in [4.78, 5) is 14.6.